The van der Waals surface area contributed by atoms with Gasteiger partial charge in [-0.2, -0.15) is 0 Å². The monoisotopic (exact) mass is 207 g/mol. The molecule has 1 aliphatic heterocycles. The summed E-state index contributed by atoms with van der Waals surface area (Å²) in [5.41, 5.74) is 2.20. The van der Waals surface area contributed by atoms with E-state index in [4.69, 9.17) is 9.84 Å². The Kier molecular flexibility index (Phi) is 2.60. The average Bonchev–Trinajstić information content (AvgIpc) is 2.27. The quantitative estimate of drug-likeness (QED) is 0.753. The third kappa shape index (κ3) is 1.94. The molecule has 80 valence electrons. The van der Waals surface area contributed by atoms with Gasteiger partial charge in [0.05, 0.1) is 7.11 Å². The van der Waals surface area contributed by atoms with Crippen LogP contribution < -0.4 is 10.1 Å². The van der Waals surface area contributed by atoms with E-state index in [9.17, 15) is 4.79 Å². The van der Waals surface area contributed by atoms with Gasteiger partial charge in [-0.3, -0.25) is 4.79 Å². The molecule has 0 aliphatic carbocycles. The van der Waals surface area contributed by atoms with Crippen LogP contribution in [0.3, 0.4) is 0 Å². The van der Waals surface area contributed by atoms with Gasteiger partial charge in [0.25, 0.3) is 0 Å². The maximum atomic E-state index is 10.8. The Labute approximate surface area is 87.9 Å². The van der Waals surface area contributed by atoms with Crippen molar-refractivity contribution in [3.8, 4) is 5.75 Å². The highest BCUT2D eigenvalue weighted by Gasteiger charge is 2.23. The Hall–Kier alpha value is -1.55. The zero-order valence-electron chi connectivity index (χ0n) is 8.49. The molecule has 0 saturated carbocycles. The lowest BCUT2D eigenvalue weighted by Crippen LogP contribution is -2.41. The molecule has 0 aromatic heterocycles. The van der Waals surface area contributed by atoms with Crippen LogP contribution in [0.2, 0.25) is 0 Å². The van der Waals surface area contributed by atoms with Gasteiger partial charge >= 0.3 is 5.97 Å². The van der Waals surface area contributed by atoms with Crippen LogP contribution >= 0.6 is 0 Å². The highest BCUT2D eigenvalue weighted by molar-refractivity contribution is 5.74. The number of aliphatic carboxylic acids is 1. The Balaban J connectivity index is 2.27. The molecule has 4 heteroatoms. The smallest absolute Gasteiger partial charge is 0.321 e. The Morgan fingerprint density at radius 3 is 3.00 bits per heavy atom. The number of fused-ring (bicyclic) bond motifs is 1. The number of hydrogen-bond acceptors (Lipinski definition) is 3. The summed E-state index contributed by atoms with van der Waals surface area (Å²) < 4.78 is 5.11. The molecule has 1 aromatic rings. The fourth-order valence-corrected chi connectivity index (χ4v) is 1.79. The van der Waals surface area contributed by atoms with Crippen LogP contribution in [-0.2, 0) is 17.8 Å². The van der Waals surface area contributed by atoms with Crippen LogP contribution in [0.25, 0.3) is 0 Å². The molecule has 2 N–H and O–H groups in total. The van der Waals surface area contributed by atoms with Crippen molar-refractivity contribution < 1.29 is 14.6 Å². The van der Waals surface area contributed by atoms with E-state index in [-0.39, 0.29) is 0 Å². The maximum Gasteiger partial charge on any atom is 0.321 e. The minimum atomic E-state index is -0.802. The van der Waals surface area contributed by atoms with Crippen LogP contribution in [0, 0.1) is 0 Å². The van der Waals surface area contributed by atoms with Crippen molar-refractivity contribution in [3.05, 3.63) is 29.3 Å². The summed E-state index contributed by atoms with van der Waals surface area (Å²) in [5, 5.41) is 11.9. The van der Waals surface area contributed by atoms with Crippen LogP contribution in [0.15, 0.2) is 18.2 Å². The third-order valence-electron chi connectivity index (χ3n) is 2.67. The largest absolute Gasteiger partial charge is 0.497 e. The predicted molar refractivity (Wildman–Crippen MR) is 55.0 cm³/mol. The number of methoxy groups -OCH3 is 1. The lowest BCUT2D eigenvalue weighted by atomic mass is 9.96. The van der Waals surface area contributed by atoms with Crippen molar-refractivity contribution in [2.24, 2.45) is 0 Å². The molecule has 0 saturated heterocycles. The van der Waals surface area contributed by atoms with E-state index in [0.717, 1.165) is 16.9 Å². The molecule has 0 amide bonds. The van der Waals surface area contributed by atoms with Gasteiger partial charge in [-0.25, -0.2) is 0 Å². The Bertz CT molecular complexity index is 389. The van der Waals surface area contributed by atoms with Crippen LogP contribution in [0.1, 0.15) is 11.1 Å². The maximum absolute atomic E-state index is 10.8. The van der Waals surface area contributed by atoms with Gasteiger partial charge < -0.3 is 15.2 Å². The number of ether oxygens (including phenoxy) is 1. The van der Waals surface area contributed by atoms with Crippen molar-refractivity contribution >= 4 is 5.97 Å². The summed E-state index contributed by atoms with van der Waals surface area (Å²) in [7, 11) is 1.61. The number of benzene rings is 1. The van der Waals surface area contributed by atoms with E-state index in [1.54, 1.807) is 7.11 Å². The molecule has 15 heavy (non-hydrogen) atoms. The van der Waals surface area contributed by atoms with E-state index in [0.29, 0.717) is 13.0 Å². The van der Waals surface area contributed by atoms with Crippen LogP contribution in [0.5, 0.6) is 5.75 Å². The number of carbonyl (C=O) groups is 1. The molecule has 0 radical (unpaired) electrons. The molecule has 1 heterocycles. The predicted octanol–water partition coefficient (Wildman–Crippen LogP) is 0.794. The molecule has 1 unspecified atom stereocenters. The standard InChI is InChI=1S/C11H13NO3/c1-15-9-3-2-7-6-12-10(11(13)14)5-8(7)4-9/h2-4,10,12H,5-6H2,1H3,(H,13,14). The van der Waals surface area contributed by atoms with Gasteiger partial charge in [0.15, 0.2) is 0 Å². The zero-order valence-corrected chi connectivity index (χ0v) is 8.49. The summed E-state index contributed by atoms with van der Waals surface area (Å²) in [6.45, 7) is 0.607. The third-order valence-corrected chi connectivity index (χ3v) is 2.67. The van der Waals surface area contributed by atoms with E-state index in [1.165, 1.54) is 0 Å². The van der Waals surface area contributed by atoms with Gasteiger partial charge in [-0.05, 0) is 29.7 Å². The first kappa shape index (κ1) is 9.98. The summed E-state index contributed by atoms with van der Waals surface area (Å²) in [4.78, 5) is 10.8. The van der Waals surface area contributed by atoms with Gasteiger partial charge in [-0.1, -0.05) is 6.07 Å². The fourth-order valence-electron chi connectivity index (χ4n) is 1.79. The molecular weight excluding hydrogens is 194 g/mol. The van der Waals surface area contributed by atoms with Crippen molar-refractivity contribution in [2.75, 3.05) is 7.11 Å². The zero-order chi connectivity index (χ0) is 10.8. The van der Waals surface area contributed by atoms with E-state index in [1.807, 2.05) is 18.2 Å². The lowest BCUT2D eigenvalue weighted by Gasteiger charge is -2.23. The second kappa shape index (κ2) is 3.90. The van der Waals surface area contributed by atoms with Gasteiger partial charge in [0.2, 0.25) is 0 Å². The number of hydrogen-bond donors (Lipinski definition) is 2. The van der Waals surface area contributed by atoms with Crippen LogP contribution in [0.4, 0.5) is 0 Å². The SMILES string of the molecule is COc1ccc2c(c1)CC(C(=O)O)NC2. The molecular formula is C11H13NO3. The first-order valence-corrected chi connectivity index (χ1v) is 4.82. The Morgan fingerprint density at radius 1 is 1.53 bits per heavy atom. The van der Waals surface area contributed by atoms with E-state index in [2.05, 4.69) is 5.32 Å². The van der Waals surface area contributed by atoms with E-state index >= 15 is 0 Å². The highest BCUT2D eigenvalue weighted by Crippen LogP contribution is 2.22. The minimum Gasteiger partial charge on any atom is -0.497 e. The molecule has 2 rings (SSSR count). The molecule has 0 spiro atoms. The van der Waals surface area contributed by atoms with Crippen molar-refractivity contribution in [2.45, 2.75) is 19.0 Å². The number of rotatable bonds is 2. The first-order valence-electron chi connectivity index (χ1n) is 4.82. The van der Waals surface area contributed by atoms with Gasteiger partial charge in [0.1, 0.15) is 11.8 Å². The fraction of sp³-hybridized carbons (Fsp3) is 0.364. The second-order valence-corrected chi connectivity index (χ2v) is 3.61. The summed E-state index contributed by atoms with van der Waals surface area (Å²) in [6.07, 6.45) is 0.516. The number of nitrogens with one attached hydrogen (secondary N) is 1. The summed E-state index contributed by atoms with van der Waals surface area (Å²) >= 11 is 0. The second-order valence-electron chi connectivity index (χ2n) is 3.61. The molecule has 4 nitrogen and oxygen atoms in total. The first-order chi connectivity index (χ1) is 7.20. The number of carboxylic acid groups (broad SMARTS) is 1. The minimum absolute atomic E-state index is 0.482. The normalized spacial score (nSPS) is 19.4. The van der Waals surface area contributed by atoms with Crippen molar-refractivity contribution in [1.82, 2.24) is 5.32 Å². The van der Waals surface area contributed by atoms with Gasteiger partial charge in [0, 0.05) is 6.54 Å². The molecule has 1 aromatic carbocycles. The van der Waals surface area contributed by atoms with Crippen molar-refractivity contribution in [1.29, 1.82) is 0 Å². The average molecular weight is 207 g/mol. The topological polar surface area (TPSA) is 58.6 Å². The molecule has 0 fully saturated rings. The van der Waals surface area contributed by atoms with Crippen molar-refractivity contribution in [3.63, 3.8) is 0 Å². The summed E-state index contributed by atoms with van der Waals surface area (Å²) in [6, 6.07) is 5.29. The Morgan fingerprint density at radius 2 is 2.33 bits per heavy atom. The molecule has 1 aliphatic rings. The molecule has 1 atom stereocenters. The highest BCUT2D eigenvalue weighted by atomic mass is 16.5. The lowest BCUT2D eigenvalue weighted by molar-refractivity contribution is -0.139. The van der Waals surface area contributed by atoms with Gasteiger partial charge in [-0.15, -0.1) is 0 Å². The summed E-state index contributed by atoms with van der Waals surface area (Å²) in [5.74, 6) is -0.0248. The van der Waals surface area contributed by atoms with E-state index < -0.39 is 12.0 Å². The number of carboxylic acids is 1. The van der Waals surface area contributed by atoms with Crippen LogP contribution in [-0.4, -0.2) is 24.2 Å². The molecule has 0 bridgehead atoms.